The molecule has 6 heteroatoms. The average molecular weight is 264 g/mol. The molecule has 0 fully saturated rings. The second-order valence-corrected chi connectivity index (χ2v) is 5.29. The predicted molar refractivity (Wildman–Crippen MR) is 74.1 cm³/mol. The molecule has 0 bridgehead atoms. The molecule has 0 spiro atoms. The zero-order valence-corrected chi connectivity index (χ0v) is 11.5. The quantitative estimate of drug-likeness (QED) is 0.886. The smallest absolute Gasteiger partial charge is 0.242 e. The first-order chi connectivity index (χ1) is 8.61. The van der Waals surface area contributed by atoms with Crippen molar-refractivity contribution in [3.63, 3.8) is 0 Å². The molecule has 0 aliphatic carbocycles. The largest absolute Gasteiger partial charge is 0.479 e. The van der Waals surface area contributed by atoms with Gasteiger partial charge in [-0.3, -0.25) is 0 Å². The maximum absolute atomic E-state index is 5.88. The van der Waals surface area contributed by atoms with Gasteiger partial charge in [-0.2, -0.15) is 4.98 Å². The van der Waals surface area contributed by atoms with Crippen LogP contribution in [-0.2, 0) is 6.54 Å². The molecule has 2 rings (SSSR count). The summed E-state index contributed by atoms with van der Waals surface area (Å²) in [7, 11) is 1.54. The Bertz CT molecular complexity index is 534. The highest BCUT2D eigenvalue weighted by atomic mass is 32.1. The van der Waals surface area contributed by atoms with Crippen LogP contribution < -0.4 is 15.8 Å². The van der Waals surface area contributed by atoms with Gasteiger partial charge >= 0.3 is 0 Å². The third kappa shape index (κ3) is 2.53. The molecule has 0 amide bonds. The van der Waals surface area contributed by atoms with Crippen molar-refractivity contribution in [1.29, 1.82) is 0 Å². The van der Waals surface area contributed by atoms with Crippen molar-refractivity contribution in [2.75, 3.05) is 18.2 Å². The third-order valence-electron chi connectivity index (χ3n) is 2.69. The van der Waals surface area contributed by atoms with Crippen molar-refractivity contribution in [2.24, 2.45) is 0 Å². The Morgan fingerprint density at radius 3 is 2.78 bits per heavy atom. The van der Waals surface area contributed by atoms with Crippen LogP contribution in [0.25, 0.3) is 0 Å². The van der Waals surface area contributed by atoms with Gasteiger partial charge in [-0.15, -0.1) is 11.3 Å². The Labute approximate surface area is 110 Å². The van der Waals surface area contributed by atoms with Crippen LogP contribution in [0.3, 0.4) is 0 Å². The van der Waals surface area contributed by atoms with Crippen molar-refractivity contribution < 1.29 is 4.74 Å². The summed E-state index contributed by atoms with van der Waals surface area (Å²) in [5.41, 5.74) is 7.63. The van der Waals surface area contributed by atoms with Crippen LogP contribution in [0.1, 0.15) is 15.3 Å². The van der Waals surface area contributed by atoms with Gasteiger partial charge in [0.15, 0.2) is 5.82 Å². The summed E-state index contributed by atoms with van der Waals surface area (Å²) in [5, 5.41) is 3.20. The lowest BCUT2D eigenvalue weighted by Gasteiger charge is -2.09. The van der Waals surface area contributed by atoms with Gasteiger partial charge in [-0.25, -0.2) is 4.98 Å². The number of rotatable bonds is 4. The van der Waals surface area contributed by atoms with E-state index in [0.29, 0.717) is 23.9 Å². The topological polar surface area (TPSA) is 73.1 Å². The van der Waals surface area contributed by atoms with E-state index in [1.54, 1.807) is 11.3 Å². The van der Waals surface area contributed by atoms with Gasteiger partial charge in [-0.1, -0.05) is 0 Å². The lowest BCUT2D eigenvalue weighted by molar-refractivity contribution is 0.399. The molecule has 0 unspecified atom stereocenters. The molecular formula is C12H16N4OS. The number of aryl methyl sites for hydroxylation is 2. The predicted octanol–water partition coefficient (Wildman–Crippen LogP) is 2.36. The minimum absolute atomic E-state index is 0.394. The third-order valence-corrected chi connectivity index (χ3v) is 3.84. The standard InChI is InChI=1S/C12H16N4OS/c1-7-4-9(18-8(7)2)5-14-11-10(13)12(17-3)16-6-15-11/h4,6H,5,13H2,1-3H3,(H,14,15,16). The van der Waals surface area contributed by atoms with Gasteiger partial charge in [0.25, 0.3) is 0 Å². The molecule has 0 saturated heterocycles. The Morgan fingerprint density at radius 2 is 2.17 bits per heavy atom. The number of nitrogens with one attached hydrogen (secondary N) is 1. The van der Waals surface area contributed by atoms with Crippen LogP contribution in [0.4, 0.5) is 11.5 Å². The van der Waals surface area contributed by atoms with Crippen molar-refractivity contribution in [3.05, 3.63) is 27.7 Å². The summed E-state index contributed by atoms with van der Waals surface area (Å²) in [5.74, 6) is 0.997. The lowest BCUT2D eigenvalue weighted by Crippen LogP contribution is -2.06. The van der Waals surface area contributed by atoms with Crippen molar-refractivity contribution >= 4 is 22.8 Å². The first kappa shape index (κ1) is 12.6. The van der Waals surface area contributed by atoms with Crippen LogP contribution >= 0.6 is 11.3 Å². The highest BCUT2D eigenvalue weighted by Gasteiger charge is 2.08. The van der Waals surface area contributed by atoms with Crippen LogP contribution in [0.2, 0.25) is 0 Å². The van der Waals surface area contributed by atoms with Gasteiger partial charge in [0.1, 0.15) is 12.0 Å². The zero-order valence-electron chi connectivity index (χ0n) is 10.7. The van der Waals surface area contributed by atoms with Gasteiger partial charge in [-0.05, 0) is 25.5 Å². The lowest BCUT2D eigenvalue weighted by atomic mass is 10.3. The van der Waals surface area contributed by atoms with Gasteiger partial charge < -0.3 is 15.8 Å². The first-order valence-electron chi connectivity index (χ1n) is 5.56. The Morgan fingerprint density at radius 1 is 1.39 bits per heavy atom. The van der Waals surface area contributed by atoms with E-state index >= 15 is 0 Å². The molecule has 0 aromatic carbocycles. The molecule has 5 nitrogen and oxygen atoms in total. The molecule has 3 N–H and O–H groups in total. The normalized spacial score (nSPS) is 10.4. The maximum atomic E-state index is 5.88. The summed E-state index contributed by atoms with van der Waals surface area (Å²) in [6.07, 6.45) is 1.43. The number of nitrogens with two attached hydrogens (primary N) is 1. The monoisotopic (exact) mass is 264 g/mol. The zero-order chi connectivity index (χ0) is 13.1. The van der Waals surface area contributed by atoms with Crippen LogP contribution in [0, 0.1) is 13.8 Å². The Hall–Kier alpha value is -1.82. The Kier molecular flexibility index (Phi) is 3.66. The summed E-state index contributed by atoms with van der Waals surface area (Å²) >= 11 is 1.77. The van der Waals surface area contributed by atoms with E-state index in [1.807, 2.05) is 0 Å². The number of nitrogens with zero attached hydrogens (tertiary/aromatic N) is 2. The molecule has 2 aromatic rings. The average Bonchev–Trinajstić information content (AvgIpc) is 2.67. The molecule has 96 valence electrons. The fraction of sp³-hybridized carbons (Fsp3) is 0.333. The van der Waals surface area contributed by atoms with E-state index in [0.717, 1.165) is 0 Å². The van der Waals surface area contributed by atoms with Gasteiger partial charge in [0, 0.05) is 9.75 Å². The summed E-state index contributed by atoms with van der Waals surface area (Å²) < 4.78 is 5.05. The minimum Gasteiger partial charge on any atom is -0.479 e. The number of thiophene rings is 1. The van der Waals surface area contributed by atoms with E-state index in [1.165, 1.54) is 28.8 Å². The highest BCUT2D eigenvalue weighted by molar-refractivity contribution is 7.12. The molecule has 0 saturated carbocycles. The van der Waals surface area contributed by atoms with Crippen molar-refractivity contribution in [1.82, 2.24) is 9.97 Å². The number of hydrogen-bond acceptors (Lipinski definition) is 6. The van der Waals surface area contributed by atoms with E-state index in [4.69, 9.17) is 10.5 Å². The number of hydrogen-bond donors (Lipinski definition) is 2. The minimum atomic E-state index is 0.394. The van der Waals surface area contributed by atoms with Crippen LogP contribution in [-0.4, -0.2) is 17.1 Å². The summed E-state index contributed by atoms with van der Waals surface area (Å²) in [6, 6.07) is 2.17. The Balaban J connectivity index is 2.10. The maximum Gasteiger partial charge on any atom is 0.242 e. The molecular weight excluding hydrogens is 248 g/mol. The second kappa shape index (κ2) is 5.22. The number of ether oxygens (including phenoxy) is 1. The second-order valence-electron chi connectivity index (χ2n) is 3.95. The molecule has 0 aliphatic rings. The van der Waals surface area contributed by atoms with Crippen molar-refractivity contribution in [2.45, 2.75) is 20.4 Å². The van der Waals surface area contributed by atoms with E-state index in [2.05, 4.69) is 35.2 Å². The fourth-order valence-corrected chi connectivity index (χ4v) is 2.58. The van der Waals surface area contributed by atoms with E-state index in [9.17, 15) is 0 Å². The molecule has 2 aromatic heterocycles. The molecule has 0 aliphatic heterocycles. The number of methoxy groups -OCH3 is 1. The number of nitrogen functional groups attached to an aromatic ring is 1. The highest BCUT2D eigenvalue weighted by Crippen LogP contribution is 2.26. The number of aromatic nitrogens is 2. The number of anilines is 2. The fourth-order valence-electron chi connectivity index (χ4n) is 1.59. The molecule has 2 heterocycles. The van der Waals surface area contributed by atoms with Crippen LogP contribution in [0.15, 0.2) is 12.4 Å². The van der Waals surface area contributed by atoms with Gasteiger partial charge in [0.2, 0.25) is 5.88 Å². The molecule has 0 atom stereocenters. The van der Waals surface area contributed by atoms with Gasteiger partial charge in [0.05, 0.1) is 13.7 Å². The van der Waals surface area contributed by atoms with Crippen molar-refractivity contribution in [3.8, 4) is 5.88 Å². The summed E-state index contributed by atoms with van der Waals surface area (Å²) in [4.78, 5) is 10.6. The van der Waals surface area contributed by atoms with Crippen LogP contribution in [0.5, 0.6) is 5.88 Å². The molecule has 0 radical (unpaired) electrons. The van der Waals surface area contributed by atoms with E-state index < -0.39 is 0 Å². The van der Waals surface area contributed by atoms with E-state index in [-0.39, 0.29) is 0 Å². The molecule has 18 heavy (non-hydrogen) atoms. The SMILES string of the molecule is COc1ncnc(NCc2cc(C)c(C)s2)c1N. The first-order valence-corrected chi connectivity index (χ1v) is 6.37. The summed E-state index contributed by atoms with van der Waals surface area (Å²) in [6.45, 7) is 4.92.